The number of nitrogens with one attached hydrogen (secondary N) is 4. The number of hydrogen-bond acceptors (Lipinski definition) is 10. The molecule has 2 aromatic carbocycles. The van der Waals surface area contributed by atoms with Gasteiger partial charge in [-0.25, -0.2) is 4.79 Å². The zero-order chi connectivity index (χ0) is 38.3. The van der Waals surface area contributed by atoms with Gasteiger partial charge in [-0.05, 0) is 25.0 Å². The van der Waals surface area contributed by atoms with Crippen LogP contribution in [0.25, 0.3) is 0 Å². The topological polar surface area (TPSA) is 223 Å². The normalized spacial score (nSPS) is 11.4. The summed E-state index contributed by atoms with van der Waals surface area (Å²) in [4.78, 5) is 90.5. The third-order valence-corrected chi connectivity index (χ3v) is 5.77. The summed E-state index contributed by atoms with van der Waals surface area (Å²) in [5, 5.41) is 19.1. The van der Waals surface area contributed by atoms with Crippen LogP contribution in [-0.4, -0.2) is 79.7 Å². The van der Waals surface area contributed by atoms with Crippen LogP contribution in [-0.2, 0) is 49.6 Å². The van der Waals surface area contributed by atoms with Crippen LogP contribution >= 0.6 is 0 Å². The minimum atomic E-state index is -1.58. The van der Waals surface area contributed by atoms with E-state index >= 15 is 0 Å². The van der Waals surface area contributed by atoms with Crippen LogP contribution < -0.4 is 21.3 Å². The molecule has 0 radical (unpaired) electrons. The Labute approximate surface area is 292 Å². The van der Waals surface area contributed by atoms with Gasteiger partial charge in [-0.2, -0.15) is 0 Å². The van der Waals surface area contributed by atoms with E-state index in [9.17, 15) is 33.9 Å². The Balaban J connectivity index is 0. The second-order valence-electron chi connectivity index (χ2n) is 9.84. The number of carboxylic acid groups (broad SMARTS) is 1. The van der Waals surface area contributed by atoms with Crippen molar-refractivity contribution in [2.75, 3.05) is 13.2 Å². The molecule has 0 saturated carbocycles. The van der Waals surface area contributed by atoms with Gasteiger partial charge in [0, 0.05) is 0 Å². The molecule has 0 spiro atoms. The van der Waals surface area contributed by atoms with Crippen molar-refractivity contribution in [3.63, 3.8) is 0 Å². The molecule has 0 fully saturated rings. The summed E-state index contributed by atoms with van der Waals surface area (Å²) in [6.07, 6.45) is 2.59. The molecule has 3 atom stereocenters. The maximum Gasteiger partial charge on any atom is 0.408 e. The number of ether oxygens (including phenoxy) is 2. The molecule has 2 aromatic rings. The van der Waals surface area contributed by atoms with Crippen LogP contribution in [0, 0.1) is 0 Å². The van der Waals surface area contributed by atoms with Crippen LogP contribution in [0.4, 0.5) is 4.79 Å². The fourth-order valence-corrected chi connectivity index (χ4v) is 3.81. The summed E-state index contributed by atoms with van der Waals surface area (Å²) in [6, 6.07) is 13.2. The number of benzene rings is 2. The van der Waals surface area contributed by atoms with E-state index in [1.807, 2.05) is 13.6 Å². The molecule has 0 aliphatic carbocycles. The number of carbonyl (C=O) groups excluding carboxylic acids is 7. The van der Waals surface area contributed by atoms with Gasteiger partial charge in [0.2, 0.25) is 17.7 Å². The number of hydrogen-bond donors (Lipinski definition) is 5. The lowest BCUT2D eigenvalue weighted by molar-refractivity contribution is -0.143. The lowest BCUT2D eigenvalue weighted by Crippen LogP contribution is -2.52. The first-order valence-corrected chi connectivity index (χ1v) is 15.5. The first-order valence-electron chi connectivity index (χ1n) is 15.5. The number of rotatable bonds is 16. The standard InChI is InChI=1S/C30H36N4O9.C3H8.2CH2O/c1-3-11-22(16-26(38)42-4-2)32-24(35)18-31-29(40)27(21-14-9-6-10-15-21)34-28(39)23(17-25(36)37)33-30(41)43-19-20-12-7-5-8-13-20;1-3-2;2*1-2/h3,5-15,22-23,27H,4,16-19H2,1-2H3,(H,31,40)(H,32,35)(H,33,41)(H,34,39)(H,36,37);3H2,1-2H3;2*1H2/b11-3+;;;/t22-,23+,27+;;;/m1.../s1. The minimum absolute atomic E-state index is 0.105. The van der Waals surface area contributed by atoms with Gasteiger partial charge in [0.1, 0.15) is 32.3 Å². The number of aliphatic carboxylic acids is 1. The number of carboxylic acids is 1. The Bertz CT molecular complexity index is 1320. The molecule has 2 rings (SSSR count). The molecule has 0 aliphatic rings. The molecule has 4 amide bonds. The summed E-state index contributed by atoms with van der Waals surface area (Å²) < 4.78 is 10.0. The lowest BCUT2D eigenvalue weighted by Gasteiger charge is -2.23. The molecule has 0 bridgehead atoms. The smallest absolute Gasteiger partial charge is 0.408 e. The zero-order valence-corrected chi connectivity index (χ0v) is 28.8. The van der Waals surface area contributed by atoms with E-state index in [2.05, 4.69) is 35.1 Å². The molecule has 15 heteroatoms. The van der Waals surface area contributed by atoms with Gasteiger partial charge in [0.15, 0.2) is 0 Å². The number of carbonyl (C=O) groups is 8. The van der Waals surface area contributed by atoms with Crippen molar-refractivity contribution in [3.05, 3.63) is 83.9 Å². The van der Waals surface area contributed by atoms with Gasteiger partial charge >= 0.3 is 18.0 Å². The Kier molecular flexibility index (Phi) is 27.1. The van der Waals surface area contributed by atoms with E-state index in [1.165, 1.54) is 6.42 Å². The Morgan fingerprint density at radius 2 is 1.34 bits per heavy atom. The third-order valence-electron chi connectivity index (χ3n) is 5.77. The quantitative estimate of drug-likeness (QED) is 0.126. The molecule has 0 aromatic heterocycles. The first-order chi connectivity index (χ1) is 24.0. The van der Waals surface area contributed by atoms with E-state index < -0.39 is 66.8 Å². The van der Waals surface area contributed by atoms with E-state index in [4.69, 9.17) is 19.1 Å². The maximum absolute atomic E-state index is 13.2. The van der Waals surface area contributed by atoms with E-state index in [0.29, 0.717) is 11.1 Å². The van der Waals surface area contributed by atoms with Gasteiger partial charge in [0.25, 0.3) is 0 Å². The van der Waals surface area contributed by atoms with E-state index in [-0.39, 0.29) is 19.6 Å². The molecule has 5 N–H and O–H groups in total. The molecule has 50 heavy (non-hydrogen) atoms. The van der Waals surface area contributed by atoms with Crippen molar-refractivity contribution in [2.24, 2.45) is 0 Å². The van der Waals surface area contributed by atoms with Crippen molar-refractivity contribution in [3.8, 4) is 0 Å². The van der Waals surface area contributed by atoms with Gasteiger partial charge < -0.3 is 45.4 Å². The molecular weight excluding hydrogens is 652 g/mol. The van der Waals surface area contributed by atoms with Crippen LogP contribution in [0.5, 0.6) is 0 Å². The second kappa shape index (κ2) is 29.3. The van der Waals surface area contributed by atoms with Gasteiger partial charge in [-0.1, -0.05) is 93.1 Å². The van der Waals surface area contributed by atoms with Crippen LogP contribution in [0.2, 0.25) is 0 Å². The molecule has 0 heterocycles. The molecule has 0 unspecified atom stereocenters. The minimum Gasteiger partial charge on any atom is -0.481 e. The number of amides is 4. The molecule has 274 valence electrons. The summed E-state index contributed by atoms with van der Waals surface area (Å²) >= 11 is 0. The highest BCUT2D eigenvalue weighted by molar-refractivity contribution is 5.95. The SMILES string of the molecule is C/C=C/[C@H](CC(=O)OCC)NC(=O)CNC(=O)[C@@H](NC(=O)[C@H](CC(=O)O)NC(=O)OCc1ccccc1)c1ccccc1.C=O.C=O.CCC. The predicted molar refractivity (Wildman–Crippen MR) is 184 cm³/mol. The van der Waals surface area contributed by atoms with Crippen molar-refractivity contribution in [1.29, 1.82) is 0 Å². The largest absolute Gasteiger partial charge is 0.481 e. The number of alkyl carbamates (subject to hydrolysis) is 1. The highest BCUT2D eigenvalue weighted by Gasteiger charge is 2.30. The third kappa shape index (κ3) is 21.1. The molecular formula is C35H48N4O11. The van der Waals surface area contributed by atoms with Crippen molar-refractivity contribution in [1.82, 2.24) is 21.3 Å². The Morgan fingerprint density at radius 1 is 0.780 bits per heavy atom. The van der Waals surface area contributed by atoms with E-state index in [0.717, 1.165) is 0 Å². The van der Waals surface area contributed by atoms with Crippen molar-refractivity contribution in [2.45, 2.75) is 71.7 Å². The molecule has 0 saturated heterocycles. The lowest BCUT2D eigenvalue weighted by atomic mass is 10.0. The predicted octanol–water partition coefficient (Wildman–Crippen LogP) is 2.79. The van der Waals surface area contributed by atoms with Crippen LogP contribution in [0.1, 0.15) is 64.1 Å². The monoisotopic (exact) mass is 700 g/mol. The summed E-state index contributed by atoms with van der Waals surface area (Å²) in [5.74, 6) is -4.22. The highest BCUT2D eigenvalue weighted by Crippen LogP contribution is 2.14. The van der Waals surface area contributed by atoms with Gasteiger partial charge in [-0.15, -0.1) is 0 Å². The zero-order valence-electron chi connectivity index (χ0n) is 28.8. The number of esters is 1. The van der Waals surface area contributed by atoms with E-state index in [1.54, 1.807) is 86.7 Å². The molecule has 15 nitrogen and oxygen atoms in total. The van der Waals surface area contributed by atoms with Gasteiger partial charge in [-0.3, -0.25) is 24.0 Å². The highest BCUT2D eigenvalue weighted by atomic mass is 16.5. The van der Waals surface area contributed by atoms with Crippen molar-refractivity contribution >= 4 is 49.3 Å². The Morgan fingerprint density at radius 3 is 1.86 bits per heavy atom. The average molecular weight is 701 g/mol. The summed E-state index contributed by atoms with van der Waals surface area (Å²) in [7, 11) is 0. The van der Waals surface area contributed by atoms with Crippen LogP contribution in [0.3, 0.4) is 0 Å². The number of allylic oxidation sites excluding steroid dienone is 1. The first kappa shape index (κ1) is 46.3. The summed E-state index contributed by atoms with van der Waals surface area (Å²) in [5.41, 5.74) is 1.02. The van der Waals surface area contributed by atoms with Gasteiger partial charge in [0.05, 0.1) is 32.0 Å². The average Bonchev–Trinajstić information content (AvgIpc) is 3.11. The summed E-state index contributed by atoms with van der Waals surface area (Å²) in [6.45, 7) is 11.2. The second-order valence-corrected chi connectivity index (χ2v) is 9.84. The van der Waals surface area contributed by atoms with Crippen LogP contribution in [0.15, 0.2) is 72.8 Å². The maximum atomic E-state index is 13.2. The fraction of sp³-hybridized carbons (Fsp3) is 0.371. The molecule has 0 aliphatic heterocycles. The van der Waals surface area contributed by atoms with Crippen molar-refractivity contribution < 1.29 is 52.9 Å². The fourth-order valence-electron chi connectivity index (χ4n) is 3.81. The Hall–Kier alpha value is -5.86.